The number of aromatic amines is 1. The lowest BCUT2D eigenvalue weighted by molar-refractivity contribution is -0.147. The van der Waals surface area contributed by atoms with Crippen LogP contribution in [0.15, 0.2) is 30.5 Å². The van der Waals surface area contributed by atoms with E-state index in [9.17, 15) is 14.4 Å². The summed E-state index contributed by atoms with van der Waals surface area (Å²) in [5.41, 5.74) is 7.55. The van der Waals surface area contributed by atoms with Crippen molar-refractivity contribution in [1.82, 2.24) is 10.3 Å². The summed E-state index contributed by atoms with van der Waals surface area (Å²) in [5, 5.41) is 20.7. The smallest absolute Gasteiger partial charge is 0.326 e. The lowest BCUT2D eigenvalue weighted by Crippen LogP contribution is -2.49. The van der Waals surface area contributed by atoms with Gasteiger partial charge in [-0.3, -0.25) is 9.59 Å². The average molecular weight is 319 g/mol. The number of aromatic nitrogens is 1. The molecule has 2 rings (SSSR count). The van der Waals surface area contributed by atoms with Gasteiger partial charge in [0, 0.05) is 17.1 Å². The van der Waals surface area contributed by atoms with Crippen molar-refractivity contribution in [3.63, 3.8) is 0 Å². The highest BCUT2D eigenvalue weighted by Gasteiger charge is 2.26. The van der Waals surface area contributed by atoms with Gasteiger partial charge in [-0.15, -0.1) is 0 Å². The summed E-state index contributed by atoms with van der Waals surface area (Å²) >= 11 is 0. The number of rotatable bonds is 7. The van der Waals surface area contributed by atoms with Crippen molar-refractivity contribution in [3.8, 4) is 0 Å². The van der Waals surface area contributed by atoms with Crippen LogP contribution in [0.1, 0.15) is 12.0 Å². The van der Waals surface area contributed by atoms with Crippen LogP contribution in [-0.2, 0) is 20.8 Å². The Hall–Kier alpha value is -2.87. The Balaban J connectivity index is 2.04. The number of carbonyl (C=O) groups excluding carboxylic acids is 1. The van der Waals surface area contributed by atoms with Gasteiger partial charge in [0.05, 0.1) is 12.5 Å². The minimum absolute atomic E-state index is 0.204. The molecule has 0 aliphatic rings. The number of nitrogens with two attached hydrogens (primary N) is 1. The monoisotopic (exact) mass is 319 g/mol. The highest BCUT2D eigenvalue weighted by Crippen LogP contribution is 2.18. The first-order valence-corrected chi connectivity index (χ1v) is 6.94. The molecule has 0 aliphatic heterocycles. The molecule has 2 aromatic rings. The number of carboxylic acid groups (broad SMARTS) is 2. The van der Waals surface area contributed by atoms with Gasteiger partial charge in [0.15, 0.2) is 0 Å². The molecule has 0 saturated carbocycles. The van der Waals surface area contributed by atoms with Crippen LogP contribution >= 0.6 is 0 Å². The van der Waals surface area contributed by atoms with Gasteiger partial charge in [-0.25, -0.2) is 4.79 Å². The number of hydrogen-bond donors (Lipinski definition) is 5. The third-order valence-corrected chi connectivity index (χ3v) is 3.44. The van der Waals surface area contributed by atoms with Gasteiger partial charge < -0.3 is 26.2 Å². The van der Waals surface area contributed by atoms with E-state index < -0.39 is 36.4 Å². The molecule has 23 heavy (non-hydrogen) atoms. The Bertz CT molecular complexity index is 740. The Morgan fingerprint density at radius 2 is 1.91 bits per heavy atom. The molecule has 2 atom stereocenters. The molecule has 0 unspecified atom stereocenters. The molecule has 122 valence electrons. The SMILES string of the molecule is N[C@H](Cc1c[nH]c2ccccc12)C(=O)N[C@@H](CC(=O)O)C(=O)O. The van der Waals surface area contributed by atoms with E-state index >= 15 is 0 Å². The molecule has 8 nitrogen and oxygen atoms in total. The highest BCUT2D eigenvalue weighted by atomic mass is 16.4. The standard InChI is InChI=1S/C15H17N3O5/c16-10(14(21)18-12(15(22)23)6-13(19)20)5-8-7-17-11-4-2-1-3-9(8)11/h1-4,7,10,12,17H,5-6,16H2,(H,18,21)(H,19,20)(H,22,23)/t10-,12+/m1/s1. The summed E-state index contributed by atoms with van der Waals surface area (Å²) < 4.78 is 0. The Morgan fingerprint density at radius 1 is 1.22 bits per heavy atom. The van der Waals surface area contributed by atoms with Gasteiger partial charge in [-0.05, 0) is 18.1 Å². The van der Waals surface area contributed by atoms with Crippen molar-refractivity contribution in [2.75, 3.05) is 0 Å². The molecule has 0 spiro atoms. The lowest BCUT2D eigenvalue weighted by Gasteiger charge is -2.16. The van der Waals surface area contributed by atoms with Gasteiger partial charge in [-0.2, -0.15) is 0 Å². The number of H-pyrrole nitrogens is 1. The summed E-state index contributed by atoms with van der Waals surface area (Å²) in [4.78, 5) is 36.6. The number of carboxylic acids is 2. The third-order valence-electron chi connectivity index (χ3n) is 3.44. The van der Waals surface area contributed by atoms with E-state index in [1.165, 1.54) is 0 Å². The molecule has 0 saturated heterocycles. The number of hydrogen-bond acceptors (Lipinski definition) is 4. The van der Waals surface area contributed by atoms with E-state index in [1.807, 2.05) is 24.3 Å². The van der Waals surface area contributed by atoms with E-state index in [2.05, 4.69) is 10.3 Å². The van der Waals surface area contributed by atoms with Crippen LogP contribution in [0.3, 0.4) is 0 Å². The number of amides is 1. The summed E-state index contributed by atoms with van der Waals surface area (Å²) in [6.45, 7) is 0. The maximum atomic E-state index is 12.0. The fourth-order valence-electron chi connectivity index (χ4n) is 2.28. The second kappa shape index (κ2) is 6.93. The van der Waals surface area contributed by atoms with Crippen molar-refractivity contribution in [1.29, 1.82) is 0 Å². The van der Waals surface area contributed by atoms with Crippen molar-refractivity contribution >= 4 is 28.7 Å². The second-order valence-corrected chi connectivity index (χ2v) is 5.17. The maximum Gasteiger partial charge on any atom is 0.326 e. The largest absolute Gasteiger partial charge is 0.481 e. The Morgan fingerprint density at radius 3 is 2.57 bits per heavy atom. The molecule has 1 aromatic carbocycles. The molecular weight excluding hydrogens is 302 g/mol. The van der Waals surface area contributed by atoms with Crippen LogP contribution in [0.25, 0.3) is 10.9 Å². The minimum atomic E-state index is -1.51. The van der Waals surface area contributed by atoms with E-state index in [0.29, 0.717) is 0 Å². The van der Waals surface area contributed by atoms with E-state index in [-0.39, 0.29) is 6.42 Å². The van der Waals surface area contributed by atoms with Crippen molar-refractivity contribution in [3.05, 3.63) is 36.0 Å². The predicted molar refractivity (Wildman–Crippen MR) is 81.8 cm³/mol. The highest BCUT2D eigenvalue weighted by molar-refractivity contribution is 5.90. The summed E-state index contributed by atoms with van der Waals surface area (Å²) in [5.74, 6) is -3.44. The molecule has 1 aromatic heterocycles. The normalized spacial score (nSPS) is 13.4. The molecule has 6 N–H and O–H groups in total. The molecule has 0 fully saturated rings. The first-order valence-electron chi connectivity index (χ1n) is 6.94. The molecule has 1 heterocycles. The van der Waals surface area contributed by atoms with Gasteiger partial charge in [-0.1, -0.05) is 18.2 Å². The molecular formula is C15H17N3O5. The molecule has 1 amide bonds. The van der Waals surface area contributed by atoms with Crippen LogP contribution in [0, 0.1) is 0 Å². The number of carbonyl (C=O) groups is 3. The minimum Gasteiger partial charge on any atom is -0.481 e. The first kappa shape index (κ1) is 16.5. The van der Waals surface area contributed by atoms with Crippen LogP contribution in [-0.4, -0.2) is 45.1 Å². The Labute approximate surface area is 131 Å². The average Bonchev–Trinajstić information content (AvgIpc) is 2.89. The van der Waals surface area contributed by atoms with Gasteiger partial charge in [0.2, 0.25) is 5.91 Å². The number of para-hydroxylation sites is 1. The first-order chi connectivity index (χ1) is 10.9. The number of nitrogens with one attached hydrogen (secondary N) is 2. The fraction of sp³-hybridized carbons (Fsp3) is 0.267. The van der Waals surface area contributed by atoms with Crippen molar-refractivity contribution < 1.29 is 24.6 Å². The predicted octanol–water partition coefficient (Wildman–Crippen LogP) is 0.0818. The molecule has 8 heteroatoms. The van der Waals surface area contributed by atoms with Crippen molar-refractivity contribution in [2.45, 2.75) is 24.9 Å². The maximum absolute atomic E-state index is 12.0. The molecule has 0 aliphatic carbocycles. The Kier molecular flexibility index (Phi) is 4.97. The summed E-state index contributed by atoms with van der Waals surface area (Å²) in [6, 6.07) is 5.02. The molecule has 0 bridgehead atoms. The van der Waals surface area contributed by atoms with E-state index in [0.717, 1.165) is 16.5 Å². The number of benzene rings is 1. The quantitative estimate of drug-likeness (QED) is 0.488. The van der Waals surface area contributed by atoms with Crippen LogP contribution in [0.2, 0.25) is 0 Å². The zero-order valence-electron chi connectivity index (χ0n) is 12.2. The van der Waals surface area contributed by atoms with Crippen LogP contribution in [0.5, 0.6) is 0 Å². The van der Waals surface area contributed by atoms with Gasteiger partial charge in [0.1, 0.15) is 6.04 Å². The van der Waals surface area contributed by atoms with Crippen molar-refractivity contribution in [2.24, 2.45) is 5.73 Å². The van der Waals surface area contributed by atoms with Crippen LogP contribution in [0.4, 0.5) is 0 Å². The van der Waals surface area contributed by atoms with E-state index in [1.54, 1.807) is 6.20 Å². The second-order valence-electron chi connectivity index (χ2n) is 5.17. The van der Waals surface area contributed by atoms with Gasteiger partial charge in [0.25, 0.3) is 0 Å². The zero-order valence-corrected chi connectivity index (χ0v) is 12.2. The number of aliphatic carboxylic acids is 2. The zero-order chi connectivity index (χ0) is 17.0. The van der Waals surface area contributed by atoms with Gasteiger partial charge >= 0.3 is 11.9 Å². The summed E-state index contributed by atoms with van der Waals surface area (Å²) in [7, 11) is 0. The third kappa shape index (κ3) is 4.07. The lowest BCUT2D eigenvalue weighted by atomic mass is 10.0. The number of fused-ring (bicyclic) bond motifs is 1. The summed E-state index contributed by atoms with van der Waals surface area (Å²) in [6.07, 6.45) is 1.24. The van der Waals surface area contributed by atoms with E-state index in [4.69, 9.17) is 15.9 Å². The topological polar surface area (TPSA) is 146 Å². The molecule has 0 radical (unpaired) electrons. The van der Waals surface area contributed by atoms with Crippen LogP contribution < -0.4 is 11.1 Å². The fourth-order valence-corrected chi connectivity index (χ4v) is 2.28.